The van der Waals surface area contributed by atoms with Crippen molar-refractivity contribution in [1.82, 2.24) is 15.2 Å². The Balaban J connectivity index is 2.01. The summed E-state index contributed by atoms with van der Waals surface area (Å²) in [6.45, 7) is 2.20. The van der Waals surface area contributed by atoms with Gasteiger partial charge in [-0.2, -0.15) is 5.10 Å². The van der Waals surface area contributed by atoms with E-state index in [2.05, 4.69) is 22.1 Å². The Labute approximate surface area is 107 Å². The van der Waals surface area contributed by atoms with Gasteiger partial charge in [0.2, 0.25) is 0 Å². The first-order valence-electron chi connectivity index (χ1n) is 6.47. The van der Waals surface area contributed by atoms with Crippen LogP contribution in [-0.2, 0) is 0 Å². The summed E-state index contributed by atoms with van der Waals surface area (Å²) in [5.74, 6) is 1.67. The van der Waals surface area contributed by atoms with Crippen LogP contribution in [0, 0.1) is 0 Å². The first kappa shape index (κ1) is 12.6. The monoisotopic (exact) mass is 245 g/mol. The largest absolute Gasteiger partial charge is 0.482 e. The van der Waals surface area contributed by atoms with E-state index in [4.69, 9.17) is 4.74 Å². The molecule has 1 unspecified atom stereocenters. The van der Waals surface area contributed by atoms with Gasteiger partial charge < -0.3 is 4.74 Å². The molecule has 18 heavy (non-hydrogen) atoms. The first-order valence-corrected chi connectivity index (χ1v) is 6.47. The lowest BCUT2D eigenvalue weighted by Crippen LogP contribution is -2.09. The van der Waals surface area contributed by atoms with Gasteiger partial charge >= 0.3 is 0 Å². The fraction of sp³-hybridized carbons (Fsp3) is 0.429. The van der Waals surface area contributed by atoms with E-state index in [0.717, 1.165) is 24.4 Å². The molecule has 4 nitrogen and oxygen atoms in total. The highest BCUT2D eigenvalue weighted by Crippen LogP contribution is 2.23. The van der Waals surface area contributed by atoms with Crippen molar-refractivity contribution in [1.29, 1.82) is 0 Å². The SMILES string of the molecule is CCCCCC(Oc1ccccc1)c1ncn[nH]1. The van der Waals surface area contributed by atoms with Crippen LogP contribution in [0.15, 0.2) is 36.7 Å². The highest BCUT2D eigenvalue weighted by atomic mass is 16.5. The van der Waals surface area contributed by atoms with Gasteiger partial charge in [-0.3, -0.25) is 5.10 Å². The van der Waals surface area contributed by atoms with E-state index in [1.54, 1.807) is 0 Å². The lowest BCUT2D eigenvalue weighted by Gasteiger charge is -2.16. The summed E-state index contributed by atoms with van der Waals surface area (Å²) in [5, 5.41) is 6.80. The van der Waals surface area contributed by atoms with Crippen LogP contribution in [0.25, 0.3) is 0 Å². The Morgan fingerprint density at radius 1 is 1.22 bits per heavy atom. The molecule has 0 bridgehead atoms. The third-order valence-electron chi connectivity index (χ3n) is 2.83. The number of nitrogens with one attached hydrogen (secondary N) is 1. The number of unbranched alkanes of at least 4 members (excludes halogenated alkanes) is 2. The molecule has 0 saturated heterocycles. The Bertz CT molecular complexity index is 428. The van der Waals surface area contributed by atoms with Crippen molar-refractivity contribution in [2.45, 2.75) is 38.7 Å². The number of aromatic nitrogens is 3. The molecule has 0 spiro atoms. The number of benzene rings is 1. The Kier molecular flexibility index (Phi) is 4.76. The van der Waals surface area contributed by atoms with Crippen molar-refractivity contribution in [2.24, 2.45) is 0 Å². The maximum Gasteiger partial charge on any atom is 0.165 e. The van der Waals surface area contributed by atoms with E-state index in [1.807, 2.05) is 30.3 Å². The number of ether oxygens (including phenoxy) is 1. The van der Waals surface area contributed by atoms with Gasteiger partial charge in [-0.25, -0.2) is 4.98 Å². The molecular weight excluding hydrogens is 226 g/mol. The standard InChI is InChI=1S/C14H19N3O/c1-2-3-5-10-13(14-15-11-16-17-14)18-12-8-6-4-7-9-12/h4,6-9,11,13H,2-3,5,10H2,1H3,(H,15,16,17). The molecule has 1 atom stereocenters. The molecule has 0 fully saturated rings. The number of nitrogens with zero attached hydrogens (tertiary/aromatic N) is 2. The van der Waals surface area contributed by atoms with Crippen LogP contribution in [0.5, 0.6) is 5.75 Å². The van der Waals surface area contributed by atoms with Gasteiger partial charge in [0.15, 0.2) is 11.9 Å². The molecule has 0 aliphatic heterocycles. The third kappa shape index (κ3) is 3.58. The summed E-state index contributed by atoms with van der Waals surface area (Å²) in [6, 6.07) is 9.84. The van der Waals surface area contributed by atoms with Gasteiger partial charge in [0.25, 0.3) is 0 Å². The van der Waals surface area contributed by atoms with Crippen molar-refractivity contribution in [3.63, 3.8) is 0 Å². The number of hydrogen-bond donors (Lipinski definition) is 1. The first-order chi connectivity index (χ1) is 8.90. The zero-order valence-corrected chi connectivity index (χ0v) is 10.7. The predicted molar refractivity (Wildman–Crippen MR) is 70.3 cm³/mol. The Hall–Kier alpha value is -1.84. The summed E-state index contributed by atoms with van der Waals surface area (Å²) in [4.78, 5) is 4.20. The molecule has 0 aliphatic rings. The van der Waals surface area contributed by atoms with E-state index in [-0.39, 0.29) is 6.10 Å². The number of aromatic amines is 1. The van der Waals surface area contributed by atoms with E-state index < -0.39 is 0 Å². The molecule has 1 aromatic carbocycles. The maximum atomic E-state index is 5.97. The van der Waals surface area contributed by atoms with Crippen LogP contribution < -0.4 is 4.74 Å². The molecule has 96 valence electrons. The molecule has 1 N–H and O–H groups in total. The zero-order chi connectivity index (χ0) is 12.6. The average Bonchev–Trinajstić information content (AvgIpc) is 2.93. The Morgan fingerprint density at radius 3 is 2.72 bits per heavy atom. The van der Waals surface area contributed by atoms with E-state index in [9.17, 15) is 0 Å². The minimum Gasteiger partial charge on any atom is -0.482 e. The molecule has 4 heteroatoms. The highest BCUT2D eigenvalue weighted by Gasteiger charge is 2.15. The second-order valence-corrected chi connectivity index (χ2v) is 4.29. The van der Waals surface area contributed by atoms with Gasteiger partial charge in [0.05, 0.1) is 0 Å². The van der Waals surface area contributed by atoms with Crippen LogP contribution in [0.4, 0.5) is 0 Å². The van der Waals surface area contributed by atoms with Crippen LogP contribution in [0.1, 0.15) is 44.5 Å². The number of hydrogen-bond acceptors (Lipinski definition) is 3. The minimum atomic E-state index is -0.0403. The van der Waals surface area contributed by atoms with Crippen molar-refractivity contribution in [2.75, 3.05) is 0 Å². The third-order valence-corrected chi connectivity index (χ3v) is 2.83. The average molecular weight is 245 g/mol. The van der Waals surface area contributed by atoms with Crippen LogP contribution in [0.3, 0.4) is 0 Å². The topological polar surface area (TPSA) is 50.8 Å². The minimum absolute atomic E-state index is 0.0403. The van der Waals surface area contributed by atoms with Crippen molar-refractivity contribution < 1.29 is 4.74 Å². The fourth-order valence-corrected chi connectivity index (χ4v) is 1.86. The normalized spacial score (nSPS) is 12.3. The fourth-order valence-electron chi connectivity index (χ4n) is 1.86. The van der Waals surface area contributed by atoms with Crippen LogP contribution >= 0.6 is 0 Å². The van der Waals surface area contributed by atoms with Crippen LogP contribution in [-0.4, -0.2) is 15.2 Å². The zero-order valence-electron chi connectivity index (χ0n) is 10.7. The van der Waals surface area contributed by atoms with E-state index in [0.29, 0.717) is 0 Å². The summed E-state index contributed by atoms with van der Waals surface area (Å²) in [6.07, 6.45) is 5.99. The van der Waals surface area contributed by atoms with Gasteiger partial charge in [-0.15, -0.1) is 0 Å². The summed E-state index contributed by atoms with van der Waals surface area (Å²) >= 11 is 0. The molecule has 1 aromatic heterocycles. The van der Waals surface area contributed by atoms with E-state index >= 15 is 0 Å². The van der Waals surface area contributed by atoms with Gasteiger partial charge in [-0.05, 0) is 25.0 Å². The molecule has 1 heterocycles. The predicted octanol–water partition coefficient (Wildman–Crippen LogP) is 3.51. The van der Waals surface area contributed by atoms with Gasteiger partial charge in [0, 0.05) is 0 Å². The second-order valence-electron chi connectivity index (χ2n) is 4.29. The highest BCUT2D eigenvalue weighted by molar-refractivity contribution is 5.21. The van der Waals surface area contributed by atoms with E-state index in [1.165, 1.54) is 19.2 Å². The van der Waals surface area contributed by atoms with Crippen LogP contribution in [0.2, 0.25) is 0 Å². The molecule has 0 radical (unpaired) electrons. The summed E-state index contributed by atoms with van der Waals surface area (Å²) < 4.78 is 5.97. The smallest absolute Gasteiger partial charge is 0.165 e. The number of para-hydroxylation sites is 1. The lowest BCUT2D eigenvalue weighted by atomic mass is 10.1. The molecule has 0 aliphatic carbocycles. The van der Waals surface area contributed by atoms with Gasteiger partial charge in [0.1, 0.15) is 12.1 Å². The summed E-state index contributed by atoms with van der Waals surface area (Å²) in [5.41, 5.74) is 0. The van der Waals surface area contributed by atoms with Crippen molar-refractivity contribution in [3.8, 4) is 5.75 Å². The number of rotatable bonds is 7. The number of H-pyrrole nitrogens is 1. The summed E-state index contributed by atoms with van der Waals surface area (Å²) in [7, 11) is 0. The maximum absolute atomic E-state index is 5.97. The van der Waals surface area contributed by atoms with Crippen molar-refractivity contribution >= 4 is 0 Å². The molecule has 0 saturated carbocycles. The molecular formula is C14H19N3O. The molecule has 2 aromatic rings. The van der Waals surface area contributed by atoms with Crippen molar-refractivity contribution in [3.05, 3.63) is 42.5 Å². The quantitative estimate of drug-likeness (QED) is 0.759. The molecule has 0 amide bonds. The lowest BCUT2D eigenvalue weighted by molar-refractivity contribution is 0.181. The van der Waals surface area contributed by atoms with Gasteiger partial charge in [-0.1, -0.05) is 38.0 Å². The Morgan fingerprint density at radius 2 is 2.06 bits per heavy atom. The molecule has 2 rings (SSSR count). The second kappa shape index (κ2) is 6.79.